The molecule has 0 aliphatic carbocycles. The molecule has 0 aromatic heterocycles. The Morgan fingerprint density at radius 2 is 1.95 bits per heavy atom. The van der Waals surface area contributed by atoms with E-state index in [-0.39, 0.29) is 5.91 Å². The number of hydrogen-bond donors (Lipinski definition) is 1. The van der Waals surface area contributed by atoms with Crippen LogP contribution in [0, 0.1) is 12.8 Å². The molecule has 0 fully saturated rings. The Bertz CT molecular complexity index is 609. The van der Waals surface area contributed by atoms with Crippen LogP contribution in [0.25, 0.3) is 0 Å². The summed E-state index contributed by atoms with van der Waals surface area (Å²) in [5.41, 5.74) is 1.69. The van der Waals surface area contributed by atoms with Crippen molar-refractivity contribution in [1.82, 2.24) is 5.32 Å². The van der Waals surface area contributed by atoms with Crippen LogP contribution in [0.15, 0.2) is 18.2 Å². The SMILES string of the molecule is Cc1c(C(=O)NCCC(C)C)cccc1N(C)S(C)(=O)=O. The number of anilines is 1. The summed E-state index contributed by atoms with van der Waals surface area (Å²) in [6.45, 7) is 6.56. The minimum atomic E-state index is -3.35. The summed E-state index contributed by atoms with van der Waals surface area (Å²) in [7, 11) is -1.86. The zero-order valence-corrected chi connectivity index (χ0v) is 14.1. The molecule has 0 aliphatic rings. The molecule has 1 N–H and O–H groups in total. The van der Waals surface area contributed by atoms with E-state index in [1.54, 1.807) is 25.1 Å². The Labute approximate surface area is 127 Å². The first-order valence-corrected chi connectivity index (χ1v) is 8.81. The highest BCUT2D eigenvalue weighted by Gasteiger charge is 2.18. The van der Waals surface area contributed by atoms with Crippen LogP contribution < -0.4 is 9.62 Å². The third kappa shape index (κ3) is 4.74. The minimum Gasteiger partial charge on any atom is -0.352 e. The Kier molecular flexibility index (Phi) is 5.78. The lowest BCUT2D eigenvalue weighted by Gasteiger charge is -2.20. The van der Waals surface area contributed by atoms with Gasteiger partial charge in [0.25, 0.3) is 5.91 Å². The largest absolute Gasteiger partial charge is 0.352 e. The number of nitrogens with one attached hydrogen (secondary N) is 1. The number of hydrogen-bond acceptors (Lipinski definition) is 3. The molecule has 6 heteroatoms. The average Bonchev–Trinajstić information content (AvgIpc) is 2.36. The first-order valence-electron chi connectivity index (χ1n) is 6.96. The van der Waals surface area contributed by atoms with E-state index in [1.807, 2.05) is 0 Å². The van der Waals surface area contributed by atoms with Gasteiger partial charge >= 0.3 is 0 Å². The van der Waals surface area contributed by atoms with Gasteiger partial charge in [-0.2, -0.15) is 0 Å². The average molecular weight is 312 g/mol. The van der Waals surface area contributed by atoms with Gasteiger partial charge in [-0.1, -0.05) is 19.9 Å². The topological polar surface area (TPSA) is 66.5 Å². The molecule has 1 rings (SSSR count). The van der Waals surface area contributed by atoms with E-state index in [9.17, 15) is 13.2 Å². The van der Waals surface area contributed by atoms with Crippen molar-refractivity contribution in [3.05, 3.63) is 29.3 Å². The van der Waals surface area contributed by atoms with Gasteiger partial charge in [0.15, 0.2) is 0 Å². The first kappa shape index (κ1) is 17.5. The van der Waals surface area contributed by atoms with Crippen LogP contribution in [-0.2, 0) is 10.0 Å². The van der Waals surface area contributed by atoms with Crippen molar-refractivity contribution in [3.63, 3.8) is 0 Å². The molecule has 0 aliphatic heterocycles. The first-order chi connectivity index (χ1) is 9.64. The van der Waals surface area contributed by atoms with E-state index >= 15 is 0 Å². The maximum Gasteiger partial charge on any atom is 0.251 e. The maximum atomic E-state index is 12.2. The fourth-order valence-electron chi connectivity index (χ4n) is 1.96. The van der Waals surface area contributed by atoms with E-state index < -0.39 is 10.0 Å². The van der Waals surface area contributed by atoms with E-state index in [0.29, 0.717) is 29.3 Å². The fraction of sp³-hybridized carbons (Fsp3) is 0.533. The molecule has 0 heterocycles. The zero-order chi connectivity index (χ0) is 16.2. The van der Waals surface area contributed by atoms with Crippen molar-refractivity contribution in [2.75, 3.05) is 24.2 Å². The van der Waals surface area contributed by atoms with E-state index in [2.05, 4.69) is 19.2 Å². The van der Waals surface area contributed by atoms with Gasteiger partial charge < -0.3 is 5.32 Å². The zero-order valence-electron chi connectivity index (χ0n) is 13.3. The number of carbonyl (C=O) groups excluding carboxylic acids is 1. The molecule has 0 saturated heterocycles. The van der Waals surface area contributed by atoms with Crippen molar-refractivity contribution in [1.29, 1.82) is 0 Å². The summed E-state index contributed by atoms with van der Waals surface area (Å²) in [6, 6.07) is 5.10. The third-order valence-corrected chi connectivity index (χ3v) is 4.59. The van der Waals surface area contributed by atoms with Gasteiger partial charge in [-0.15, -0.1) is 0 Å². The molecule has 0 atom stereocenters. The Hall–Kier alpha value is -1.56. The predicted octanol–water partition coefficient (Wildman–Crippen LogP) is 2.17. The number of amides is 1. The summed E-state index contributed by atoms with van der Waals surface area (Å²) < 4.78 is 24.5. The molecular formula is C15H24N2O3S. The van der Waals surface area contributed by atoms with Crippen molar-refractivity contribution >= 4 is 21.6 Å². The molecule has 0 spiro atoms. The van der Waals surface area contributed by atoms with Crippen LogP contribution in [0.2, 0.25) is 0 Å². The predicted molar refractivity (Wildman–Crippen MR) is 86.2 cm³/mol. The lowest BCUT2D eigenvalue weighted by Crippen LogP contribution is -2.28. The van der Waals surface area contributed by atoms with Gasteiger partial charge in [0.05, 0.1) is 11.9 Å². The van der Waals surface area contributed by atoms with Crippen molar-refractivity contribution < 1.29 is 13.2 Å². The molecule has 21 heavy (non-hydrogen) atoms. The molecule has 118 valence electrons. The van der Waals surface area contributed by atoms with E-state index in [0.717, 1.165) is 12.7 Å². The van der Waals surface area contributed by atoms with E-state index in [1.165, 1.54) is 11.4 Å². The maximum absolute atomic E-state index is 12.2. The highest BCUT2D eigenvalue weighted by molar-refractivity contribution is 7.92. The standard InChI is InChI=1S/C15H24N2O3S/c1-11(2)9-10-16-15(18)13-7-6-8-14(12(13)3)17(4)21(5,19)20/h6-8,11H,9-10H2,1-5H3,(H,16,18). The Morgan fingerprint density at radius 1 is 1.33 bits per heavy atom. The van der Waals surface area contributed by atoms with Gasteiger partial charge in [-0.3, -0.25) is 9.10 Å². The molecule has 1 aromatic carbocycles. The van der Waals surface area contributed by atoms with Crippen LogP contribution in [0.4, 0.5) is 5.69 Å². The molecule has 1 aromatic rings. The Balaban J connectivity index is 2.98. The lowest BCUT2D eigenvalue weighted by atomic mass is 10.1. The second kappa shape index (κ2) is 6.93. The number of rotatable bonds is 6. The van der Waals surface area contributed by atoms with Crippen LogP contribution in [0.1, 0.15) is 36.2 Å². The summed E-state index contributed by atoms with van der Waals surface area (Å²) in [6.07, 6.45) is 2.05. The van der Waals surface area contributed by atoms with Crippen LogP contribution in [-0.4, -0.2) is 34.2 Å². The number of benzene rings is 1. The van der Waals surface area contributed by atoms with Crippen molar-refractivity contribution in [2.24, 2.45) is 5.92 Å². The molecular weight excluding hydrogens is 288 g/mol. The number of sulfonamides is 1. The summed E-state index contributed by atoms with van der Waals surface area (Å²) in [4.78, 5) is 12.2. The van der Waals surface area contributed by atoms with Gasteiger partial charge in [0.1, 0.15) is 0 Å². The summed E-state index contributed by atoms with van der Waals surface area (Å²) >= 11 is 0. The van der Waals surface area contributed by atoms with Crippen LogP contribution in [0.5, 0.6) is 0 Å². The molecule has 0 unspecified atom stereocenters. The summed E-state index contributed by atoms with van der Waals surface area (Å²) in [5, 5.41) is 2.87. The Morgan fingerprint density at radius 3 is 2.48 bits per heavy atom. The van der Waals surface area contributed by atoms with Crippen molar-refractivity contribution in [3.8, 4) is 0 Å². The molecule has 5 nitrogen and oxygen atoms in total. The molecule has 0 radical (unpaired) electrons. The highest BCUT2D eigenvalue weighted by Crippen LogP contribution is 2.24. The number of carbonyl (C=O) groups is 1. The second-order valence-corrected chi connectivity index (χ2v) is 7.63. The lowest BCUT2D eigenvalue weighted by molar-refractivity contribution is 0.0951. The van der Waals surface area contributed by atoms with E-state index in [4.69, 9.17) is 0 Å². The third-order valence-electron chi connectivity index (χ3n) is 3.39. The van der Waals surface area contributed by atoms with Crippen molar-refractivity contribution in [2.45, 2.75) is 27.2 Å². The van der Waals surface area contributed by atoms with Crippen LogP contribution in [0.3, 0.4) is 0 Å². The number of nitrogens with zero attached hydrogens (tertiary/aromatic N) is 1. The monoisotopic (exact) mass is 312 g/mol. The minimum absolute atomic E-state index is 0.170. The molecule has 0 bridgehead atoms. The summed E-state index contributed by atoms with van der Waals surface area (Å²) in [5.74, 6) is 0.353. The fourth-order valence-corrected chi connectivity index (χ4v) is 2.51. The van der Waals surface area contributed by atoms with Gasteiger partial charge in [0.2, 0.25) is 10.0 Å². The van der Waals surface area contributed by atoms with Gasteiger partial charge in [-0.25, -0.2) is 8.42 Å². The normalized spacial score (nSPS) is 11.5. The smallest absolute Gasteiger partial charge is 0.251 e. The molecule has 1 amide bonds. The quantitative estimate of drug-likeness (QED) is 0.875. The highest BCUT2D eigenvalue weighted by atomic mass is 32.2. The van der Waals surface area contributed by atoms with Gasteiger partial charge in [0, 0.05) is 19.2 Å². The second-order valence-electron chi connectivity index (χ2n) is 5.62. The van der Waals surface area contributed by atoms with Crippen LogP contribution >= 0.6 is 0 Å². The molecule has 0 saturated carbocycles. The van der Waals surface area contributed by atoms with Gasteiger partial charge in [-0.05, 0) is 37.0 Å².